The van der Waals surface area contributed by atoms with Crippen LogP contribution in [0, 0.1) is 5.82 Å². The molecule has 0 aliphatic heterocycles. The van der Waals surface area contributed by atoms with Gasteiger partial charge in [0.2, 0.25) is 0 Å². The lowest BCUT2D eigenvalue weighted by atomic mass is 10.1. The van der Waals surface area contributed by atoms with Crippen LogP contribution in [-0.2, 0) is 0 Å². The van der Waals surface area contributed by atoms with E-state index in [-0.39, 0.29) is 11.9 Å². The second-order valence-corrected chi connectivity index (χ2v) is 4.27. The highest BCUT2D eigenvalue weighted by molar-refractivity contribution is 5.09. The van der Waals surface area contributed by atoms with Crippen molar-refractivity contribution in [2.75, 3.05) is 0 Å². The predicted octanol–water partition coefficient (Wildman–Crippen LogP) is 2.81. The fraction of sp³-hybridized carbons (Fsp3) is 0.583. The molecular weight excluding hydrogens is 191 g/mol. The van der Waals surface area contributed by atoms with Gasteiger partial charge in [-0.1, -0.05) is 12.8 Å². The van der Waals surface area contributed by atoms with Gasteiger partial charge in [0.1, 0.15) is 5.82 Å². The molecule has 0 saturated heterocycles. The first-order valence-electron chi connectivity index (χ1n) is 5.63. The second kappa shape index (κ2) is 4.71. The molecule has 1 heterocycles. The van der Waals surface area contributed by atoms with Gasteiger partial charge in [0.25, 0.3) is 0 Å². The summed E-state index contributed by atoms with van der Waals surface area (Å²) in [6.45, 7) is 2.08. The Morgan fingerprint density at radius 3 is 2.73 bits per heavy atom. The third-order valence-corrected chi connectivity index (χ3v) is 3.03. The molecule has 1 aromatic heterocycles. The van der Waals surface area contributed by atoms with E-state index in [1.807, 2.05) is 0 Å². The number of hydrogen-bond donors (Lipinski definition) is 1. The Kier molecular flexibility index (Phi) is 3.31. The zero-order chi connectivity index (χ0) is 10.7. The Hall–Kier alpha value is -0.960. The van der Waals surface area contributed by atoms with Crippen molar-refractivity contribution in [3.05, 3.63) is 29.8 Å². The van der Waals surface area contributed by atoms with Crippen LogP contribution in [0.5, 0.6) is 0 Å². The molecule has 82 valence electrons. The van der Waals surface area contributed by atoms with Gasteiger partial charge in [0, 0.05) is 12.1 Å². The number of rotatable bonds is 3. The first kappa shape index (κ1) is 10.6. The van der Waals surface area contributed by atoms with Gasteiger partial charge in [-0.05, 0) is 31.9 Å². The van der Waals surface area contributed by atoms with Gasteiger partial charge in [-0.3, -0.25) is 4.98 Å². The molecule has 1 saturated carbocycles. The van der Waals surface area contributed by atoms with Crippen molar-refractivity contribution in [2.24, 2.45) is 0 Å². The number of pyridine rings is 1. The molecule has 1 aromatic rings. The van der Waals surface area contributed by atoms with E-state index in [2.05, 4.69) is 17.2 Å². The standard InChI is InChI=1S/C12H17FN2/c1-9(15-11-4-2-3-5-11)12-7-6-10(13)8-14-12/h6-9,11,15H,2-5H2,1H3. The fourth-order valence-corrected chi connectivity index (χ4v) is 2.17. The van der Waals surface area contributed by atoms with Crippen molar-refractivity contribution in [1.82, 2.24) is 10.3 Å². The van der Waals surface area contributed by atoms with Crippen LogP contribution < -0.4 is 5.32 Å². The summed E-state index contributed by atoms with van der Waals surface area (Å²) in [5.74, 6) is -0.271. The zero-order valence-electron chi connectivity index (χ0n) is 9.04. The Balaban J connectivity index is 1.94. The minimum Gasteiger partial charge on any atom is -0.306 e. The number of halogens is 1. The molecule has 1 fully saturated rings. The first-order chi connectivity index (χ1) is 7.25. The van der Waals surface area contributed by atoms with Crippen LogP contribution in [0.1, 0.15) is 44.3 Å². The molecule has 15 heavy (non-hydrogen) atoms. The molecule has 2 nitrogen and oxygen atoms in total. The van der Waals surface area contributed by atoms with Crippen LogP contribution >= 0.6 is 0 Å². The molecule has 2 rings (SSSR count). The molecule has 0 radical (unpaired) electrons. The lowest BCUT2D eigenvalue weighted by Gasteiger charge is -2.18. The maximum absolute atomic E-state index is 12.7. The van der Waals surface area contributed by atoms with Crippen molar-refractivity contribution in [3.63, 3.8) is 0 Å². The average Bonchev–Trinajstić information content (AvgIpc) is 2.71. The SMILES string of the molecule is CC(NC1CCCC1)c1ccc(F)cn1. The minimum absolute atomic E-state index is 0.216. The summed E-state index contributed by atoms with van der Waals surface area (Å²) in [7, 11) is 0. The summed E-state index contributed by atoms with van der Waals surface area (Å²) in [6, 6.07) is 4.05. The quantitative estimate of drug-likeness (QED) is 0.826. The molecule has 0 spiro atoms. The van der Waals surface area contributed by atoms with Gasteiger partial charge in [0.15, 0.2) is 0 Å². The predicted molar refractivity (Wildman–Crippen MR) is 58.0 cm³/mol. The second-order valence-electron chi connectivity index (χ2n) is 4.27. The fourth-order valence-electron chi connectivity index (χ4n) is 2.17. The normalized spacial score (nSPS) is 19.3. The number of nitrogens with one attached hydrogen (secondary N) is 1. The number of hydrogen-bond acceptors (Lipinski definition) is 2. The van der Waals surface area contributed by atoms with Crippen LogP contribution in [0.15, 0.2) is 18.3 Å². The highest BCUT2D eigenvalue weighted by atomic mass is 19.1. The van der Waals surface area contributed by atoms with Gasteiger partial charge in [-0.2, -0.15) is 0 Å². The molecule has 1 unspecified atom stereocenters. The summed E-state index contributed by atoms with van der Waals surface area (Å²) in [5.41, 5.74) is 0.920. The van der Waals surface area contributed by atoms with Crippen LogP contribution in [0.25, 0.3) is 0 Å². The molecule has 1 aliphatic rings. The van der Waals surface area contributed by atoms with E-state index in [1.165, 1.54) is 37.9 Å². The molecule has 1 atom stereocenters. The van der Waals surface area contributed by atoms with E-state index in [4.69, 9.17) is 0 Å². The molecule has 0 bridgehead atoms. The Labute approximate surface area is 89.9 Å². The summed E-state index contributed by atoms with van der Waals surface area (Å²) < 4.78 is 12.7. The highest BCUT2D eigenvalue weighted by Crippen LogP contribution is 2.21. The third kappa shape index (κ3) is 2.75. The van der Waals surface area contributed by atoms with Crippen LogP contribution in [0.4, 0.5) is 4.39 Å². The van der Waals surface area contributed by atoms with E-state index in [0.717, 1.165) is 5.69 Å². The van der Waals surface area contributed by atoms with Crippen molar-refractivity contribution in [2.45, 2.75) is 44.7 Å². The largest absolute Gasteiger partial charge is 0.306 e. The molecule has 1 aliphatic carbocycles. The van der Waals surface area contributed by atoms with Crippen molar-refractivity contribution in [3.8, 4) is 0 Å². The Morgan fingerprint density at radius 1 is 1.40 bits per heavy atom. The maximum Gasteiger partial charge on any atom is 0.141 e. The monoisotopic (exact) mass is 208 g/mol. The van der Waals surface area contributed by atoms with Crippen molar-refractivity contribution in [1.29, 1.82) is 0 Å². The Bertz CT molecular complexity index is 304. The topological polar surface area (TPSA) is 24.9 Å². The van der Waals surface area contributed by atoms with Crippen LogP contribution in [0.3, 0.4) is 0 Å². The number of nitrogens with zero attached hydrogens (tertiary/aromatic N) is 1. The smallest absolute Gasteiger partial charge is 0.141 e. The summed E-state index contributed by atoms with van der Waals surface area (Å²) in [5, 5.41) is 3.53. The van der Waals surface area contributed by atoms with E-state index >= 15 is 0 Å². The third-order valence-electron chi connectivity index (χ3n) is 3.03. The molecule has 3 heteroatoms. The van der Waals surface area contributed by atoms with E-state index in [0.29, 0.717) is 6.04 Å². The van der Waals surface area contributed by atoms with Gasteiger partial charge in [0.05, 0.1) is 11.9 Å². The molecular formula is C12H17FN2. The van der Waals surface area contributed by atoms with E-state index in [1.54, 1.807) is 6.07 Å². The van der Waals surface area contributed by atoms with Crippen LogP contribution in [0.2, 0.25) is 0 Å². The van der Waals surface area contributed by atoms with Crippen molar-refractivity contribution < 1.29 is 4.39 Å². The lowest BCUT2D eigenvalue weighted by molar-refractivity contribution is 0.454. The molecule has 0 amide bonds. The summed E-state index contributed by atoms with van der Waals surface area (Å²) in [6.07, 6.45) is 6.43. The lowest BCUT2D eigenvalue weighted by Crippen LogP contribution is -2.29. The van der Waals surface area contributed by atoms with Gasteiger partial charge in [-0.15, -0.1) is 0 Å². The number of aromatic nitrogens is 1. The van der Waals surface area contributed by atoms with E-state index in [9.17, 15) is 4.39 Å². The minimum atomic E-state index is -0.271. The van der Waals surface area contributed by atoms with Gasteiger partial charge >= 0.3 is 0 Å². The summed E-state index contributed by atoms with van der Waals surface area (Å²) >= 11 is 0. The first-order valence-corrected chi connectivity index (χ1v) is 5.63. The van der Waals surface area contributed by atoms with Gasteiger partial charge < -0.3 is 5.32 Å². The molecule has 1 N–H and O–H groups in total. The van der Waals surface area contributed by atoms with Gasteiger partial charge in [-0.25, -0.2) is 4.39 Å². The highest BCUT2D eigenvalue weighted by Gasteiger charge is 2.17. The Morgan fingerprint density at radius 2 is 2.13 bits per heavy atom. The summed E-state index contributed by atoms with van der Waals surface area (Å²) in [4.78, 5) is 4.08. The van der Waals surface area contributed by atoms with Crippen LogP contribution in [-0.4, -0.2) is 11.0 Å². The average molecular weight is 208 g/mol. The maximum atomic E-state index is 12.7. The van der Waals surface area contributed by atoms with E-state index < -0.39 is 0 Å². The van der Waals surface area contributed by atoms with Crippen molar-refractivity contribution >= 4 is 0 Å². The molecule has 0 aromatic carbocycles. The zero-order valence-corrected chi connectivity index (χ0v) is 9.04.